The molecule has 1 atom stereocenters. The number of sulfonamides is 1. The lowest BCUT2D eigenvalue weighted by molar-refractivity contribution is 0.159. The van der Waals surface area contributed by atoms with Crippen molar-refractivity contribution in [3.63, 3.8) is 0 Å². The van der Waals surface area contributed by atoms with Gasteiger partial charge >= 0.3 is 0 Å². The molecule has 0 bridgehead atoms. The Balaban J connectivity index is 2.18. The second-order valence-corrected chi connectivity index (χ2v) is 8.36. The molecule has 0 amide bonds. The van der Waals surface area contributed by atoms with Gasteiger partial charge in [0.05, 0.1) is 11.0 Å². The Bertz CT molecular complexity index is 804. The van der Waals surface area contributed by atoms with E-state index in [9.17, 15) is 13.5 Å². The molecule has 0 spiro atoms. The first-order valence-corrected chi connectivity index (χ1v) is 9.75. The molecule has 1 N–H and O–H groups in total. The Hall–Kier alpha value is -1.66. The van der Waals surface area contributed by atoms with Crippen molar-refractivity contribution in [1.82, 2.24) is 4.31 Å². The van der Waals surface area contributed by atoms with Crippen LogP contribution in [0.3, 0.4) is 0 Å². The second kappa shape index (κ2) is 8.63. The van der Waals surface area contributed by atoms with E-state index in [4.69, 9.17) is 11.6 Å². The Morgan fingerprint density at radius 1 is 1.16 bits per heavy atom. The Kier molecular flexibility index (Phi) is 6.79. The van der Waals surface area contributed by atoms with Gasteiger partial charge in [-0.25, -0.2) is 8.42 Å². The van der Waals surface area contributed by atoms with Gasteiger partial charge in [-0.3, -0.25) is 0 Å². The molecule has 2 rings (SSSR count). The third-order valence-electron chi connectivity index (χ3n) is 3.84. The van der Waals surface area contributed by atoms with Crippen molar-refractivity contribution in [2.75, 3.05) is 13.1 Å². The molecule has 0 heterocycles. The number of aliphatic hydroxyl groups excluding tert-OH is 1. The summed E-state index contributed by atoms with van der Waals surface area (Å²) in [4.78, 5) is 0.199. The van der Waals surface area contributed by atoms with Crippen LogP contribution in [0.15, 0.2) is 71.1 Å². The number of nitrogens with zero attached hydrogens (tertiary/aromatic N) is 1. The number of aliphatic hydroxyl groups is 1. The molecule has 0 fully saturated rings. The quantitative estimate of drug-likeness (QED) is 0.757. The lowest BCUT2D eigenvalue weighted by atomic mass is 10.1. The van der Waals surface area contributed by atoms with E-state index < -0.39 is 16.1 Å². The molecule has 134 valence electrons. The third kappa shape index (κ3) is 5.41. The van der Waals surface area contributed by atoms with Crippen LogP contribution in [-0.2, 0) is 10.0 Å². The van der Waals surface area contributed by atoms with Crippen LogP contribution in [0.2, 0.25) is 0 Å². The summed E-state index contributed by atoms with van der Waals surface area (Å²) in [5, 5.41) is 10.5. The highest BCUT2D eigenvalue weighted by Gasteiger charge is 2.25. The van der Waals surface area contributed by atoms with Crippen LogP contribution in [-0.4, -0.2) is 30.9 Å². The average molecular weight is 380 g/mol. The summed E-state index contributed by atoms with van der Waals surface area (Å²) in [5.74, 6) is 0. The van der Waals surface area contributed by atoms with Gasteiger partial charge in [0.25, 0.3) is 0 Å². The van der Waals surface area contributed by atoms with Gasteiger partial charge in [0.15, 0.2) is 0 Å². The van der Waals surface area contributed by atoms with Crippen molar-refractivity contribution in [2.24, 2.45) is 0 Å². The molecule has 0 aromatic heterocycles. The van der Waals surface area contributed by atoms with E-state index in [-0.39, 0.29) is 29.4 Å². The first-order valence-electron chi connectivity index (χ1n) is 7.94. The van der Waals surface area contributed by atoms with Crippen LogP contribution in [0.1, 0.15) is 23.7 Å². The van der Waals surface area contributed by atoms with E-state index in [1.54, 1.807) is 24.3 Å². The molecule has 2 aromatic rings. The van der Waals surface area contributed by atoms with Gasteiger partial charge < -0.3 is 5.11 Å². The fourth-order valence-corrected chi connectivity index (χ4v) is 4.11. The molecule has 0 aliphatic rings. The first kappa shape index (κ1) is 19.7. The standard InChI is InChI=1S/C19H22ClNO3S/c1-15-8-10-18(11-9-15)25(23,24)21(14-16(2)20)13-12-19(22)17-6-4-3-5-7-17/h3-11,19,22H,2,12-14H2,1H3/t19-/m0/s1. The van der Waals surface area contributed by atoms with Crippen molar-refractivity contribution in [3.8, 4) is 0 Å². The highest BCUT2D eigenvalue weighted by atomic mass is 35.5. The summed E-state index contributed by atoms with van der Waals surface area (Å²) in [5.41, 5.74) is 1.73. The van der Waals surface area contributed by atoms with E-state index in [1.807, 2.05) is 37.3 Å². The molecule has 2 aromatic carbocycles. The molecular formula is C19H22ClNO3S. The number of hydrogen-bond acceptors (Lipinski definition) is 3. The highest BCUT2D eigenvalue weighted by Crippen LogP contribution is 2.22. The maximum Gasteiger partial charge on any atom is 0.243 e. The third-order valence-corrected chi connectivity index (χ3v) is 5.82. The maximum absolute atomic E-state index is 12.9. The van der Waals surface area contributed by atoms with Gasteiger partial charge in [0.1, 0.15) is 0 Å². The van der Waals surface area contributed by atoms with Gasteiger partial charge in [-0.2, -0.15) is 4.31 Å². The molecule has 0 saturated carbocycles. The van der Waals surface area contributed by atoms with Crippen molar-refractivity contribution in [2.45, 2.75) is 24.3 Å². The van der Waals surface area contributed by atoms with Gasteiger partial charge in [0.2, 0.25) is 10.0 Å². The molecule has 0 unspecified atom stereocenters. The van der Waals surface area contributed by atoms with Gasteiger partial charge in [-0.05, 0) is 31.0 Å². The predicted molar refractivity (Wildman–Crippen MR) is 101 cm³/mol. The number of hydrogen-bond donors (Lipinski definition) is 1. The summed E-state index contributed by atoms with van der Waals surface area (Å²) in [7, 11) is -3.71. The van der Waals surface area contributed by atoms with Crippen LogP contribution < -0.4 is 0 Å². The smallest absolute Gasteiger partial charge is 0.243 e. The largest absolute Gasteiger partial charge is 0.388 e. The van der Waals surface area contributed by atoms with Crippen LogP contribution >= 0.6 is 11.6 Å². The van der Waals surface area contributed by atoms with Gasteiger partial charge in [0, 0.05) is 18.1 Å². The summed E-state index contributed by atoms with van der Waals surface area (Å²) >= 11 is 5.86. The zero-order valence-corrected chi connectivity index (χ0v) is 15.7. The number of benzene rings is 2. The van der Waals surface area contributed by atoms with Crippen molar-refractivity contribution >= 4 is 21.6 Å². The zero-order valence-electron chi connectivity index (χ0n) is 14.1. The summed E-state index contributed by atoms with van der Waals surface area (Å²) < 4.78 is 27.0. The Morgan fingerprint density at radius 2 is 1.76 bits per heavy atom. The molecule has 0 saturated heterocycles. The fraction of sp³-hybridized carbons (Fsp3) is 0.263. The second-order valence-electron chi connectivity index (χ2n) is 5.88. The predicted octanol–water partition coefficient (Wildman–Crippen LogP) is 3.86. The Morgan fingerprint density at radius 3 is 2.32 bits per heavy atom. The molecular weight excluding hydrogens is 358 g/mol. The molecule has 25 heavy (non-hydrogen) atoms. The van der Waals surface area contributed by atoms with Crippen molar-refractivity contribution in [3.05, 3.63) is 77.3 Å². The first-order chi connectivity index (χ1) is 11.8. The Labute approximate surface area is 154 Å². The minimum absolute atomic E-state index is 0.000719. The van der Waals surface area contributed by atoms with Crippen LogP contribution in [0.25, 0.3) is 0 Å². The zero-order chi connectivity index (χ0) is 18.4. The van der Waals surface area contributed by atoms with E-state index in [2.05, 4.69) is 6.58 Å². The SMILES string of the molecule is C=C(Cl)CN(CC[C@H](O)c1ccccc1)S(=O)(=O)c1ccc(C)cc1. The topological polar surface area (TPSA) is 57.6 Å². The summed E-state index contributed by atoms with van der Waals surface area (Å²) in [6.45, 7) is 5.63. The molecule has 0 aliphatic heterocycles. The van der Waals surface area contributed by atoms with E-state index in [1.165, 1.54) is 4.31 Å². The lowest BCUT2D eigenvalue weighted by Gasteiger charge is -2.23. The van der Waals surface area contributed by atoms with Crippen LogP contribution in [0.4, 0.5) is 0 Å². The van der Waals surface area contributed by atoms with E-state index >= 15 is 0 Å². The minimum atomic E-state index is -3.71. The maximum atomic E-state index is 12.9. The molecule has 0 radical (unpaired) electrons. The number of rotatable bonds is 8. The monoisotopic (exact) mass is 379 g/mol. The van der Waals surface area contributed by atoms with Crippen molar-refractivity contribution < 1.29 is 13.5 Å². The van der Waals surface area contributed by atoms with Gasteiger partial charge in [-0.1, -0.05) is 66.2 Å². The molecule has 4 nitrogen and oxygen atoms in total. The minimum Gasteiger partial charge on any atom is -0.388 e. The number of aryl methyl sites for hydroxylation is 1. The normalized spacial score (nSPS) is 13.0. The van der Waals surface area contributed by atoms with Crippen molar-refractivity contribution in [1.29, 1.82) is 0 Å². The van der Waals surface area contributed by atoms with Crippen LogP contribution in [0, 0.1) is 6.92 Å². The fourth-order valence-electron chi connectivity index (χ4n) is 2.44. The lowest BCUT2D eigenvalue weighted by Crippen LogP contribution is -2.33. The van der Waals surface area contributed by atoms with Gasteiger partial charge in [-0.15, -0.1) is 0 Å². The van der Waals surface area contributed by atoms with Crippen LogP contribution in [0.5, 0.6) is 0 Å². The highest BCUT2D eigenvalue weighted by molar-refractivity contribution is 7.89. The average Bonchev–Trinajstić information content (AvgIpc) is 2.59. The van der Waals surface area contributed by atoms with E-state index in [0.29, 0.717) is 0 Å². The summed E-state index contributed by atoms with van der Waals surface area (Å²) in [6, 6.07) is 15.8. The summed E-state index contributed by atoms with van der Waals surface area (Å²) in [6.07, 6.45) is -0.486. The van der Waals surface area contributed by atoms with E-state index in [0.717, 1.165) is 11.1 Å². The number of halogens is 1. The molecule has 6 heteroatoms. The molecule has 0 aliphatic carbocycles.